The highest BCUT2D eigenvalue weighted by Gasteiger charge is 2.25. The fourth-order valence-corrected chi connectivity index (χ4v) is 4.70. The fraction of sp³-hybridized carbons (Fsp3) is 0.568. The van der Waals surface area contributed by atoms with Crippen molar-refractivity contribution in [2.45, 2.75) is 110 Å². The van der Waals surface area contributed by atoms with Gasteiger partial charge in [-0.2, -0.15) is 0 Å². The zero-order valence-electron chi connectivity index (χ0n) is 28.7. The maximum atomic E-state index is 12.5. The average molecular weight is 678 g/mol. The predicted molar refractivity (Wildman–Crippen MR) is 192 cm³/mol. The van der Waals surface area contributed by atoms with Crippen molar-refractivity contribution in [2.75, 3.05) is 26.4 Å². The third kappa shape index (κ3) is 32.9. The third-order valence-electron chi connectivity index (χ3n) is 6.43. The SMILES string of the molecule is CC/C=C/C=C/C=C/C=C/CCCCCC(=O)OC(COC(=O)CCCCCCC/C=C/C=C/C=C/CC)COP(=O)(O)OCCN. The second kappa shape index (κ2) is 33.1. The maximum absolute atomic E-state index is 12.5. The first-order chi connectivity index (χ1) is 22.8. The first-order valence-corrected chi connectivity index (χ1v) is 18.6. The van der Waals surface area contributed by atoms with Crippen LogP contribution in [0.3, 0.4) is 0 Å². The second-order valence-corrected chi connectivity index (χ2v) is 12.2. The number of hydrogen-bond donors (Lipinski definition) is 2. The lowest BCUT2D eigenvalue weighted by Crippen LogP contribution is -2.29. The molecule has 2 atom stereocenters. The van der Waals surface area contributed by atoms with Crippen LogP contribution in [0.25, 0.3) is 0 Å². The van der Waals surface area contributed by atoms with E-state index in [-0.39, 0.29) is 32.6 Å². The molecule has 47 heavy (non-hydrogen) atoms. The molecule has 0 heterocycles. The Morgan fingerprint density at radius 2 is 1.11 bits per heavy atom. The largest absolute Gasteiger partial charge is 0.472 e. The van der Waals surface area contributed by atoms with Crippen LogP contribution in [-0.2, 0) is 32.7 Å². The summed E-state index contributed by atoms with van der Waals surface area (Å²) in [6, 6.07) is 0. The standard InChI is InChI=1S/C37H60NO8P/c1-3-5-7-9-11-13-15-17-19-21-23-25-27-29-36(39)43-33-35(34-45-47(41,42)44-32-31-38)46-37(40)30-28-26-24-22-20-18-16-14-12-10-8-6-4-2/h5-16,18,20,35H,3-4,17,19,21-34,38H2,1-2H3,(H,41,42)/b7-5+,8-6+,11-9+,12-10+,15-13+,16-14+,20-18+. The number of carbonyl (C=O) groups excluding carboxylic acids is 2. The summed E-state index contributed by atoms with van der Waals surface area (Å²) in [7, 11) is -4.39. The molecule has 0 rings (SSSR count). The van der Waals surface area contributed by atoms with E-state index in [1.807, 2.05) is 54.7 Å². The van der Waals surface area contributed by atoms with Crippen LogP contribution in [-0.4, -0.2) is 49.3 Å². The zero-order chi connectivity index (χ0) is 34.7. The minimum atomic E-state index is -4.39. The monoisotopic (exact) mass is 677 g/mol. The Bertz CT molecular complexity index is 1040. The molecule has 3 N–H and O–H groups in total. The van der Waals surface area contributed by atoms with Crippen molar-refractivity contribution < 1.29 is 37.6 Å². The van der Waals surface area contributed by atoms with E-state index >= 15 is 0 Å². The third-order valence-corrected chi connectivity index (χ3v) is 7.42. The molecule has 0 bridgehead atoms. The zero-order valence-corrected chi connectivity index (χ0v) is 29.6. The van der Waals surface area contributed by atoms with E-state index in [9.17, 15) is 19.0 Å². The summed E-state index contributed by atoms with van der Waals surface area (Å²) in [5, 5.41) is 0. The number of nitrogens with two attached hydrogens (primary N) is 1. The Morgan fingerprint density at radius 3 is 1.66 bits per heavy atom. The highest BCUT2D eigenvalue weighted by atomic mass is 31.2. The van der Waals surface area contributed by atoms with Gasteiger partial charge in [-0.15, -0.1) is 0 Å². The van der Waals surface area contributed by atoms with E-state index in [0.29, 0.717) is 12.8 Å². The predicted octanol–water partition coefficient (Wildman–Crippen LogP) is 8.93. The smallest absolute Gasteiger partial charge is 0.462 e. The number of hydrogen-bond acceptors (Lipinski definition) is 8. The van der Waals surface area contributed by atoms with Gasteiger partial charge >= 0.3 is 19.8 Å². The molecule has 10 heteroatoms. The van der Waals surface area contributed by atoms with Crippen molar-refractivity contribution in [3.63, 3.8) is 0 Å². The molecular formula is C37H60NO8P. The molecule has 0 spiro atoms. The number of phosphoric acid groups is 1. The summed E-state index contributed by atoms with van der Waals surface area (Å²) in [4.78, 5) is 34.6. The van der Waals surface area contributed by atoms with Crippen molar-refractivity contribution in [3.8, 4) is 0 Å². The van der Waals surface area contributed by atoms with E-state index in [1.54, 1.807) is 0 Å². The number of phosphoric ester groups is 1. The number of esters is 2. The molecule has 0 aromatic carbocycles. The van der Waals surface area contributed by atoms with Crippen LogP contribution < -0.4 is 5.73 Å². The van der Waals surface area contributed by atoms with Gasteiger partial charge in [0.05, 0.1) is 13.2 Å². The van der Waals surface area contributed by atoms with Gasteiger partial charge in [0.25, 0.3) is 0 Å². The van der Waals surface area contributed by atoms with Gasteiger partial charge in [0.15, 0.2) is 6.10 Å². The lowest BCUT2D eigenvalue weighted by atomic mass is 10.1. The van der Waals surface area contributed by atoms with E-state index in [0.717, 1.165) is 64.2 Å². The second-order valence-electron chi connectivity index (χ2n) is 10.8. The van der Waals surface area contributed by atoms with E-state index < -0.39 is 32.5 Å². The van der Waals surface area contributed by atoms with E-state index in [4.69, 9.17) is 24.3 Å². The first kappa shape index (κ1) is 44.2. The van der Waals surface area contributed by atoms with Crippen LogP contribution in [0.5, 0.6) is 0 Å². The minimum absolute atomic E-state index is 0.0383. The Morgan fingerprint density at radius 1 is 0.638 bits per heavy atom. The highest BCUT2D eigenvalue weighted by Crippen LogP contribution is 2.43. The normalized spacial score (nSPS) is 14.6. The Balaban J connectivity index is 4.41. The van der Waals surface area contributed by atoms with Crippen LogP contribution >= 0.6 is 7.82 Å². The Hall–Kier alpha value is -2.81. The molecular weight excluding hydrogens is 617 g/mol. The molecule has 0 radical (unpaired) electrons. The van der Waals surface area contributed by atoms with Gasteiger partial charge in [-0.1, -0.05) is 125 Å². The van der Waals surface area contributed by atoms with E-state index in [1.165, 1.54) is 0 Å². The molecule has 0 amide bonds. The van der Waals surface area contributed by atoms with Gasteiger partial charge in [0, 0.05) is 19.4 Å². The molecule has 266 valence electrons. The molecule has 0 aliphatic carbocycles. The number of ether oxygens (including phenoxy) is 2. The molecule has 0 aliphatic rings. The summed E-state index contributed by atoms with van der Waals surface area (Å²) < 4.78 is 32.5. The van der Waals surface area contributed by atoms with Gasteiger partial charge in [-0.3, -0.25) is 18.6 Å². The van der Waals surface area contributed by atoms with E-state index in [2.05, 4.69) is 44.2 Å². The number of allylic oxidation sites excluding steroid dienone is 14. The minimum Gasteiger partial charge on any atom is -0.462 e. The average Bonchev–Trinajstić information content (AvgIpc) is 3.05. The number of rotatable bonds is 30. The van der Waals surface area contributed by atoms with Crippen LogP contribution in [0.4, 0.5) is 0 Å². The fourth-order valence-electron chi connectivity index (χ4n) is 3.94. The summed E-state index contributed by atoms with van der Waals surface area (Å²) in [6.07, 6.45) is 39.1. The molecule has 0 fully saturated rings. The lowest BCUT2D eigenvalue weighted by molar-refractivity contribution is -0.161. The molecule has 9 nitrogen and oxygen atoms in total. The van der Waals surface area contributed by atoms with Gasteiger partial charge < -0.3 is 20.1 Å². The van der Waals surface area contributed by atoms with Gasteiger partial charge in [-0.25, -0.2) is 4.57 Å². The summed E-state index contributed by atoms with van der Waals surface area (Å²) in [6.45, 7) is 3.33. The van der Waals surface area contributed by atoms with Crippen molar-refractivity contribution in [1.29, 1.82) is 0 Å². The lowest BCUT2D eigenvalue weighted by Gasteiger charge is -2.19. The Labute approximate surface area is 284 Å². The van der Waals surface area contributed by atoms with Crippen molar-refractivity contribution in [2.24, 2.45) is 5.73 Å². The van der Waals surface area contributed by atoms with Crippen molar-refractivity contribution >= 4 is 19.8 Å². The van der Waals surface area contributed by atoms with Crippen molar-refractivity contribution in [1.82, 2.24) is 0 Å². The van der Waals surface area contributed by atoms with Crippen LogP contribution in [0, 0.1) is 0 Å². The highest BCUT2D eigenvalue weighted by molar-refractivity contribution is 7.47. The topological polar surface area (TPSA) is 134 Å². The summed E-state index contributed by atoms with van der Waals surface area (Å²) in [5.41, 5.74) is 5.31. The summed E-state index contributed by atoms with van der Waals surface area (Å²) in [5.74, 6) is -0.913. The van der Waals surface area contributed by atoms with Crippen LogP contribution in [0.2, 0.25) is 0 Å². The van der Waals surface area contributed by atoms with Crippen molar-refractivity contribution in [3.05, 3.63) is 85.1 Å². The number of unbranched alkanes of at least 4 members (excludes halogenated alkanes) is 8. The molecule has 0 saturated carbocycles. The van der Waals surface area contributed by atoms with Gasteiger partial charge in [0.1, 0.15) is 6.61 Å². The van der Waals surface area contributed by atoms with Gasteiger partial charge in [0.2, 0.25) is 0 Å². The molecule has 0 aromatic rings. The maximum Gasteiger partial charge on any atom is 0.472 e. The molecule has 0 aromatic heterocycles. The molecule has 0 saturated heterocycles. The summed E-state index contributed by atoms with van der Waals surface area (Å²) >= 11 is 0. The molecule has 0 aliphatic heterocycles. The van der Waals surface area contributed by atoms with Gasteiger partial charge in [-0.05, 0) is 51.4 Å². The molecule has 2 unspecified atom stereocenters. The van der Waals surface area contributed by atoms with Crippen LogP contribution in [0.15, 0.2) is 85.1 Å². The van der Waals surface area contributed by atoms with Crippen LogP contribution in [0.1, 0.15) is 104 Å². The quantitative estimate of drug-likeness (QED) is 0.0331. The first-order valence-electron chi connectivity index (χ1n) is 17.1. The number of carbonyl (C=O) groups is 2. The Kier molecular flexibility index (Phi) is 31.1.